The fraction of sp³-hybridized carbons (Fsp3) is 0.353. The van der Waals surface area contributed by atoms with Gasteiger partial charge in [0.05, 0.1) is 12.6 Å². The number of carbonyl (C=O) groups is 1. The van der Waals surface area contributed by atoms with Crippen LogP contribution < -0.4 is 5.73 Å². The monoisotopic (exact) mass is 330 g/mol. The Kier molecular flexibility index (Phi) is 4.82. The number of benzene rings is 1. The molecule has 1 saturated heterocycles. The fourth-order valence-electron chi connectivity index (χ4n) is 2.57. The average Bonchev–Trinajstić information content (AvgIpc) is 3.17. The largest absolute Gasteiger partial charge is 0.357 e. The molecule has 23 heavy (non-hydrogen) atoms. The molecule has 5 nitrogen and oxygen atoms in total. The van der Waals surface area contributed by atoms with E-state index in [9.17, 15) is 4.79 Å². The van der Waals surface area contributed by atoms with E-state index in [1.165, 1.54) is 15.0 Å². The Hall–Kier alpha value is -2.07. The molecule has 0 bridgehead atoms. The highest BCUT2D eigenvalue weighted by molar-refractivity contribution is 7.19. The summed E-state index contributed by atoms with van der Waals surface area (Å²) in [7, 11) is 0. The number of hydrogen-bond acceptors (Lipinski definition) is 4. The van der Waals surface area contributed by atoms with Crippen LogP contribution in [0.4, 0.5) is 4.79 Å². The highest BCUT2D eigenvalue weighted by atomic mass is 32.1. The molecule has 1 aliphatic heterocycles. The minimum Gasteiger partial charge on any atom is -0.357 e. The Morgan fingerprint density at radius 2 is 2.26 bits per heavy atom. The summed E-state index contributed by atoms with van der Waals surface area (Å²) in [5, 5.41) is 10.9. The molecular weight excluding hydrogens is 312 g/mol. The number of thiophene rings is 1. The van der Waals surface area contributed by atoms with Crippen molar-refractivity contribution >= 4 is 27.5 Å². The predicted octanol–water partition coefficient (Wildman–Crippen LogP) is 3.28. The molecule has 120 valence electrons. The second kappa shape index (κ2) is 7.01. The van der Waals surface area contributed by atoms with Crippen LogP contribution in [0.1, 0.15) is 30.2 Å². The first-order chi connectivity index (χ1) is 11.1. The van der Waals surface area contributed by atoms with Gasteiger partial charge in [0.15, 0.2) is 0 Å². The molecule has 2 atom stereocenters. The molecule has 0 radical (unpaired) electrons. The molecule has 6 heteroatoms. The summed E-state index contributed by atoms with van der Waals surface area (Å²) in [5.74, 6) is 5.98. The summed E-state index contributed by atoms with van der Waals surface area (Å²) >= 11 is 1.77. The first kappa shape index (κ1) is 15.8. The van der Waals surface area contributed by atoms with E-state index in [2.05, 4.69) is 30.0 Å². The van der Waals surface area contributed by atoms with Crippen LogP contribution in [0.25, 0.3) is 10.1 Å². The topological polar surface area (TPSA) is 75.8 Å². The first-order valence-electron chi connectivity index (χ1n) is 7.51. The zero-order chi connectivity index (χ0) is 16.2. The van der Waals surface area contributed by atoms with Crippen LogP contribution in [0.3, 0.4) is 0 Å². The third-order valence-electron chi connectivity index (χ3n) is 3.75. The van der Waals surface area contributed by atoms with Crippen molar-refractivity contribution in [2.75, 3.05) is 6.54 Å². The molecule has 1 fully saturated rings. The van der Waals surface area contributed by atoms with Crippen LogP contribution in [-0.4, -0.2) is 29.0 Å². The molecule has 2 heterocycles. The quantitative estimate of drug-likeness (QED) is 0.515. The van der Waals surface area contributed by atoms with Crippen molar-refractivity contribution in [3.63, 3.8) is 0 Å². The van der Waals surface area contributed by atoms with E-state index in [4.69, 9.17) is 15.7 Å². The van der Waals surface area contributed by atoms with Crippen molar-refractivity contribution in [1.29, 1.82) is 0 Å². The number of nitrogens with two attached hydrogens (primary N) is 1. The molecule has 1 aliphatic rings. The summed E-state index contributed by atoms with van der Waals surface area (Å²) < 4.78 is 7.27. The van der Waals surface area contributed by atoms with Gasteiger partial charge in [0.25, 0.3) is 0 Å². The van der Waals surface area contributed by atoms with Gasteiger partial charge in [-0.15, -0.1) is 11.3 Å². The average molecular weight is 330 g/mol. The van der Waals surface area contributed by atoms with E-state index in [-0.39, 0.29) is 18.8 Å². The molecule has 2 amide bonds. The Labute approximate surface area is 138 Å². The maximum absolute atomic E-state index is 10.6. The summed E-state index contributed by atoms with van der Waals surface area (Å²) in [5.41, 5.74) is 4.92. The van der Waals surface area contributed by atoms with Gasteiger partial charge in [-0.1, -0.05) is 30.0 Å². The van der Waals surface area contributed by atoms with E-state index in [0.717, 1.165) is 12.8 Å². The van der Waals surface area contributed by atoms with E-state index in [1.54, 1.807) is 11.3 Å². The van der Waals surface area contributed by atoms with Crippen molar-refractivity contribution in [2.24, 2.45) is 5.73 Å². The van der Waals surface area contributed by atoms with Crippen molar-refractivity contribution in [1.82, 2.24) is 5.06 Å². The van der Waals surface area contributed by atoms with Gasteiger partial charge in [0.1, 0.15) is 6.10 Å². The van der Waals surface area contributed by atoms with Crippen molar-refractivity contribution in [2.45, 2.75) is 31.5 Å². The molecule has 3 rings (SSSR count). The Morgan fingerprint density at radius 3 is 3.04 bits per heavy atom. The van der Waals surface area contributed by atoms with E-state index in [0.29, 0.717) is 11.5 Å². The van der Waals surface area contributed by atoms with Gasteiger partial charge in [0.2, 0.25) is 0 Å². The lowest BCUT2D eigenvalue weighted by atomic mass is 10.1. The summed E-state index contributed by atoms with van der Waals surface area (Å²) in [6.07, 6.45) is 2.23. The molecule has 0 spiro atoms. The molecule has 3 N–H and O–H groups in total. The standard InChI is InChI=1S/C17H18N2O3S/c18-17(20)19(21)10-4-3-6-13-8-9-14(22-13)16-11-12-5-1-2-7-15(12)23-16/h1-2,5,7,11,13-14,21H,4,8-10H2,(H2,18,20)/t13-,14-/m0/s1. The molecule has 1 aromatic carbocycles. The second-order valence-corrected chi connectivity index (χ2v) is 6.53. The minimum atomic E-state index is -0.867. The van der Waals surface area contributed by atoms with Crippen LogP contribution in [0.5, 0.6) is 0 Å². The number of hydrogen-bond donors (Lipinski definition) is 2. The Bertz CT molecular complexity index is 729. The van der Waals surface area contributed by atoms with Crippen LogP contribution in [-0.2, 0) is 4.74 Å². The third kappa shape index (κ3) is 3.82. The molecule has 0 aliphatic carbocycles. The highest BCUT2D eigenvalue weighted by Crippen LogP contribution is 2.38. The summed E-state index contributed by atoms with van der Waals surface area (Å²) in [4.78, 5) is 11.9. The molecular formula is C17H18N2O3S. The number of urea groups is 1. The number of fused-ring (bicyclic) bond motifs is 1. The number of nitrogens with zero attached hydrogens (tertiary/aromatic N) is 1. The van der Waals surface area contributed by atoms with Gasteiger partial charge < -0.3 is 10.5 Å². The zero-order valence-corrected chi connectivity index (χ0v) is 13.4. The van der Waals surface area contributed by atoms with Crippen molar-refractivity contribution < 1.29 is 14.7 Å². The van der Waals surface area contributed by atoms with E-state index in [1.807, 2.05) is 12.1 Å². The first-order valence-corrected chi connectivity index (χ1v) is 8.33. The van der Waals surface area contributed by atoms with Crippen LogP contribution in [0.15, 0.2) is 30.3 Å². The summed E-state index contributed by atoms with van der Waals surface area (Å²) in [6.45, 7) is 0.106. The predicted molar refractivity (Wildman–Crippen MR) is 89.1 cm³/mol. The van der Waals surface area contributed by atoms with Crippen LogP contribution >= 0.6 is 11.3 Å². The van der Waals surface area contributed by atoms with Gasteiger partial charge in [-0.3, -0.25) is 5.21 Å². The normalized spacial score (nSPS) is 20.2. The lowest BCUT2D eigenvalue weighted by Crippen LogP contribution is -2.33. The third-order valence-corrected chi connectivity index (χ3v) is 4.96. The molecule has 0 unspecified atom stereocenters. The lowest BCUT2D eigenvalue weighted by molar-refractivity contribution is -0.0373. The lowest BCUT2D eigenvalue weighted by Gasteiger charge is -2.09. The molecule has 1 aromatic heterocycles. The Balaban J connectivity index is 1.55. The van der Waals surface area contributed by atoms with Crippen LogP contribution in [0, 0.1) is 11.8 Å². The fourth-order valence-corrected chi connectivity index (χ4v) is 3.71. The maximum atomic E-state index is 10.6. The SMILES string of the molecule is NC(=O)N(O)CCC#C[C@H]1CC[C@@H](c2cc3ccccc3s2)O1. The molecule has 2 aromatic rings. The van der Waals surface area contributed by atoms with Gasteiger partial charge in [-0.25, -0.2) is 9.86 Å². The maximum Gasteiger partial charge on any atom is 0.338 e. The van der Waals surface area contributed by atoms with Gasteiger partial charge in [-0.2, -0.15) is 0 Å². The van der Waals surface area contributed by atoms with Crippen molar-refractivity contribution in [3.05, 3.63) is 35.2 Å². The van der Waals surface area contributed by atoms with Gasteiger partial charge >= 0.3 is 6.03 Å². The number of hydroxylamine groups is 2. The number of rotatable bonds is 3. The summed E-state index contributed by atoms with van der Waals surface area (Å²) in [6, 6.07) is 9.64. The van der Waals surface area contributed by atoms with E-state index >= 15 is 0 Å². The number of ether oxygens (including phenoxy) is 1. The van der Waals surface area contributed by atoms with Crippen molar-refractivity contribution in [3.8, 4) is 11.8 Å². The highest BCUT2D eigenvalue weighted by Gasteiger charge is 2.26. The Morgan fingerprint density at radius 1 is 1.43 bits per heavy atom. The van der Waals surface area contributed by atoms with Crippen LogP contribution in [0.2, 0.25) is 0 Å². The molecule has 0 saturated carbocycles. The smallest absolute Gasteiger partial charge is 0.338 e. The van der Waals surface area contributed by atoms with Gasteiger partial charge in [0, 0.05) is 16.0 Å². The minimum absolute atomic E-state index is 0.0917. The second-order valence-electron chi connectivity index (χ2n) is 5.41. The van der Waals surface area contributed by atoms with E-state index < -0.39 is 6.03 Å². The number of amides is 2. The number of primary amides is 1. The zero-order valence-electron chi connectivity index (χ0n) is 12.6. The number of carbonyl (C=O) groups excluding carboxylic acids is 1. The van der Waals surface area contributed by atoms with Gasteiger partial charge in [-0.05, 0) is 30.4 Å².